The maximum atomic E-state index is 12.7. The lowest BCUT2D eigenvalue weighted by molar-refractivity contribution is -0.130. The van der Waals surface area contributed by atoms with Gasteiger partial charge in [-0.15, -0.1) is 29.3 Å². The molecule has 0 bridgehead atoms. The summed E-state index contributed by atoms with van der Waals surface area (Å²) in [7, 11) is 0. The zero-order valence-corrected chi connectivity index (χ0v) is 18.4. The standard InChI is InChI=1S/C20H22N4O2S3/c1-2-6-24-19(26)16-5-12-28-18(16)21-20(24)29-14-17(25)23-9-7-22(8-10-23)13-15-4-3-11-27-15/h2-5,11-12H,1,6-10,13-14H2. The summed E-state index contributed by atoms with van der Waals surface area (Å²) in [6, 6.07) is 6.02. The fourth-order valence-electron chi connectivity index (χ4n) is 3.33. The Balaban J connectivity index is 1.37. The first kappa shape index (κ1) is 20.3. The number of thiophene rings is 2. The van der Waals surface area contributed by atoms with E-state index in [9.17, 15) is 9.59 Å². The second kappa shape index (κ2) is 9.25. The first-order valence-electron chi connectivity index (χ1n) is 9.40. The van der Waals surface area contributed by atoms with Crippen LogP contribution in [0.5, 0.6) is 0 Å². The second-order valence-electron chi connectivity index (χ2n) is 6.76. The van der Waals surface area contributed by atoms with Crippen molar-refractivity contribution in [2.45, 2.75) is 18.2 Å². The van der Waals surface area contributed by atoms with Crippen molar-refractivity contribution in [2.24, 2.45) is 0 Å². The SMILES string of the molecule is C=CCn1c(SCC(=O)N2CCN(Cc3cccs3)CC2)nc2sccc2c1=O. The summed E-state index contributed by atoms with van der Waals surface area (Å²) in [6.45, 7) is 8.31. The highest BCUT2D eigenvalue weighted by Crippen LogP contribution is 2.22. The van der Waals surface area contributed by atoms with Gasteiger partial charge in [0.05, 0.1) is 11.1 Å². The Morgan fingerprint density at radius 2 is 2.03 bits per heavy atom. The van der Waals surface area contributed by atoms with Crippen molar-refractivity contribution < 1.29 is 4.79 Å². The zero-order valence-electron chi connectivity index (χ0n) is 16.0. The molecule has 4 heterocycles. The van der Waals surface area contributed by atoms with E-state index in [1.54, 1.807) is 28.0 Å². The molecule has 1 aliphatic heterocycles. The molecule has 152 valence electrons. The summed E-state index contributed by atoms with van der Waals surface area (Å²) in [6.07, 6.45) is 1.68. The minimum Gasteiger partial charge on any atom is -0.339 e. The van der Waals surface area contributed by atoms with Gasteiger partial charge in [-0.05, 0) is 22.9 Å². The second-order valence-corrected chi connectivity index (χ2v) is 9.63. The molecular weight excluding hydrogens is 424 g/mol. The number of aromatic nitrogens is 2. The van der Waals surface area contributed by atoms with E-state index < -0.39 is 0 Å². The molecule has 0 aromatic carbocycles. The monoisotopic (exact) mass is 446 g/mol. The van der Waals surface area contributed by atoms with Crippen LogP contribution < -0.4 is 5.56 Å². The average molecular weight is 447 g/mol. The van der Waals surface area contributed by atoms with Crippen LogP contribution in [-0.4, -0.2) is 57.2 Å². The first-order chi connectivity index (χ1) is 14.2. The van der Waals surface area contributed by atoms with E-state index in [4.69, 9.17) is 0 Å². The molecule has 0 N–H and O–H groups in total. The molecule has 9 heteroatoms. The number of hydrogen-bond acceptors (Lipinski definition) is 7. The largest absolute Gasteiger partial charge is 0.339 e. The van der Waals surface area contributed by atoms with Gasteiger partial charge in [0, 0.05) is 44.1 Å². The molecule has 1 fully saturated rings. The molecule has 1 saturated heterocycles. The van der Waals surface area contributed by atoms with Crippen LogP contribution in [-0.2, 0) is 17.9 Å². The predicted octanol–water partition coefficient (Wildman–Crippen LogP) is 3.14. The number of nitrogens with zero attached hydrogens (tertiary/aromatic N) is 4. The van der Waals surface area contributed by atoms with Gasteiger partial charge in [0.1, 0.15) is 4.83 Å². The number of carbonyl (C=O) groups is 1. The summed E-state index contributed by atoms with van der Waals surface area (Å²) in [5.41, 5.74) is -0.0757. The third-order valence-corrected chi connectivity index (χ3v) is 7.50. The Bertz CT molecular complexity index is 1050. The Morgan fingerprint density at radius 1 is 1.21 bits per heavy atom. The molecule has 0 radical (unpaired) electrons. The predicted molar refractivity (Wildman–Crippen MR) is 121 cm³/mol. The van der Waals surface area contributed by atoms with Crippen LogP contribution in [0.2, 0.25) is 0 Å². The van der Waals surface area contributed by atoms with Gasteiger partial charge in [0.25, 0.3) is 5.56 Å². The number of piperazine rings is 1. The maximum Gasteiger partial charge on any atom is 0.263 e. The van der Waals surface area contributed by atoms with Crippen LogP contribution >= 0.6 is 34.4 Å². The van der Waals surface area contributed by atoms with Gasteiger partial charge in [-0.25, -0.2) is 4.98 Å². The van der Waals surface area contributed by atoms with Crippen LogP contribution in [0.25, 0.3) is 10.2 Å². The number of rotatable bonds is 7. The van der Waals surface area contributed by atoms with Crippen LogP contribution in [0, 0.1) is 0 Å². The van der Waals surface area contributed by atoms with Crippen LogP contribution in [0.15, 0.2) is 51.6 Å². The van der Waals surface area contributed by atoms with Gasteiger partial charge in [0.15, 0.2) is 5.16 Å². The minimum atomic E-state index is -0.0757. The smallest absolute Gasteiger partial charge is 0.263 e. The zero-order chi connectivity index (χ0) is 20.2. The summed E-state index contributed by atoms with van der Waals surface area (Å²) >= 11 is 4.55. The van der Waals surface area contributed by atoms with Gasteiger partial charge in [0.2, 0.25) is 5.91 Å². The molecule has 29 heavy (non-hydrogen) atoms. The maximum absolute atomic E-state index is 12.7. The molecule has 0 spiro atoms. The Labute approximate surface area is 181 Å². The number of fused-ring (bicyclic) bond motifs is 1. The van der Waals surface area contributed by atoms with E-state index in [1.807, 2.05) is 10.3 Å². The Hall–Kier alpha value is -1.94. The van der Waals surface area contributed by atoms with E-state index >= 15 is 0 Å². The summed E-state index contributed by atoms with van der Waals surface area (Å²) in [5, 5.41) is 5.16. The highest BCUT2D eigenvalue weighted by molar-refractivity contribution is 7.99. The van der Waals surface area contributed by atoms with Crippen molar-refractivity contribution in [1.29, 1.82) is 0 Å². The molecular formula is C20H22N4O2S3. The lowest BCUT2D eigenvalue weighted by Gasteiger charge is -2.34. The van der Waals surface area contributed by atoms with Crippen LogP contribution in [0.1, 0.15) is 4.88 Å². The molecule has 1 aliphatic rings. The lowest BCUT2D eigenvalue weighted by Crippen LogP contribution is -2.48. The summed E-state index contributed by atoms with van der Waals surface area (Å²) < 4.78 is 1.60. The van der Waals surface area contributed by atoms with Gasteiger partial charge in [-0.2, -0.15) is 0 Å². The lowest BCUT2D eigenvalue weighted by atomic mass is 10.3. The van der Waals surface area contributed by atoms with E-state index in [2.05, 4.69) is 34.0 Å². The molecule has 0 aliphatic carbocycles. The Kier molecular flexibility index (Phi) is 6.49. The first-order valence-corrected chi connectivity index (χ1v) is 12.1. The number of amides is 1. The summed E-state index contributed by atoms with van der Waals surface area (Å²) in [4.78, 5) is 36.4. The highest BCUT2D eigenvalue weighted by atomic mass is 32.2. The van der Waals surface area contributed by atoms with Gasteiger partial charge in [-0.3, -0.25) is 19.1 Å². The summed E-state index contributed by atoms with van der Waals surface area (Å²) in [5.74, 6) is 0.377. The highest BCUT2D eigenvalue weighted by Gasteiger charge is 2.22. The minimum absolute atomic E-state index is 0.0757. The van der Waals surface area contributed by atoms with Crippen molar-refractivity contribution in [3.63, 3.8) is 0 Å². The van der Waals surface area contributed by atoms with Crippen molar-refractivity contribution in [3.05, 3.63) is 56.8 Å². The van der Waals surface area contributed by atoms with E-state index in [-0.39, 0.29) is 17.2 Å². The molecule has 1 amide bonds. The topological polar surface area (TPSA) is 58.4 Å². The fourth-order valence-corrected chi connectivity index (χ4v) is 5.79. The molecule has 0 unspecified atom stereocenters. The molecule has 3 aromatic rings. The number of thioether (sulfide) groups is 1. The molecule has 0 saturated carbocycles. The quantitative estimate of drug-likeness (QED) is 0.317. The van der Waals surface area contributed by atoms with E-state index in [1.165, 1.54) is 28.0 Å². The fraction of sp³-hybridized carbons (Fsp3) is 0.350. The van der Waals surface area contributed by atoms with E-state index in [0.717, 1.165) is 32.7 Å². The Morgan fingerprint density at radius 3 is 2.76 bits per heavy atom. The number of carbonyl (C=O) groups excluding carboxylic acids is 1. The molecule has 6 nitrogen and oxygen atoms in total. The van der Waals surface area contributed by atoms with Crippen molar-refractivity contribution in [2.75, 3.05) is 31.9 Å². The van der Waals surface area contributed by atoms with Crippen LogP contribution in [0.3, 0.4) is 0 Å². The van der Waals surface area contributed by atoms with Gasteiger partial charge < -0.3 is 4.90 Å². The van der Waals surface area contributed by atoms with Crippen LogP contribution in [0.4, 0.5) is 0 Å². The van der Waals surface area contributed by atoms with Crippen molar-refractivity contribution >= 4 is 50.6 Å². The number of allylic oxidation sites excluding steroid dienone is 1. The molecule has 4 rings (SSSR count). The third kappa shape index (κ3) is 4.63. The average Bonchev–Trinajstić information content (AvgIpc) is 3.41. The normalized spacial score (nSPS) is 15.1. The van der Waals surface area contributed by atoms with Gasteiger partial charge in [-0.1, -0.05) is 23.9 Å². The van der Waals surface area contributed by atoms with Crippen molar-refractivity contribution in [1.82, 2.24) is 19.4 Å². The van der Waals surface area contributed by atoms with Gasteiger partial charge >= 0.3 is 0 Å². The van der Waals surface area contributed by atoms with Crippen molar-refractivity contribution in [3.8, 4) is 0 Å². The van der Waals surface area contributed by atoms with E-state index in [0.29, 0.717) is 21.9 Å². The number of hydrogen-bond donors (Lipinski definition) is 0. The molecule has 0 atom stereocenters. The molecule has 3 aromatic heterocycles. The third-order valence-electron chi connectivity index (χ3n) is 4.87.